The number of hydrogen-bond acceptors (Lipinski definition) is 3. The van der Waals surface area contributed by atoms with Crippen LogP contribution in [0.4, 0.5) is 0 Å². The van der Waals surface area contributed by atoms with E-state index in [9.17, 15) is 9.60 Å². The molecule has 0 fully saturated rings. The topological polar surface area (TPSA) is 48.5 Å². The van der Waals surface area contributed by atoms with E-state index in [1.165, 1.54) is 0 Å². The van der Waals surface area contributed by atoms with E-state index in [-0.39, 0.29) is 38.6 Å². The zero-order valence-electron chi connectivity index (χ0n) is 48.7. The lowest BCUT2D eigenvalue weighted by Crippen LogP contribution is -2.10. The fourth-order valence-corrected chi connectivity index (χ4v) is 6.93. The minimum Gasteiger partial charge on any atom is -0.278 e. The third-order valence-electron chi connectivity index (χ3n) is 9.40. The molecule has 0 saturated carbocycles. The standard InChI is InChI=1S/C51H33N5/c1-3-16-34(17-4-1)36-20-15-21-38(32-36)39-22-7-8-26-44(39)49-52-50(55-45-27-12-9-23-40(45)41-24-10-13-28-46(41)55)54-51(53-49)56-47-29-14-11-25-42(47)43-31-30-37(33-48(43)56)35-18-5-2-6-19-35/h1-33H/i2D,5D,6D,9D,10D,11D,12D,13D,14D,18D,19D,23D,24D,25D,27D,28D,29D,30D,31D,33D. The number of nitrogens with zero attached hydrogens (tertiary/aromatic N) is 5. The zero-order chi connectivity index (χ0) is 54.4. The first-order chi connectivity index (χ1) is 36.1. The monoisotopic (exact) mass is 735 g/mol. The Morgan fingerprint density at radius 2 is 0.875 bits per heavy atom. The van der Waals surface area contributed by atoms with Gasteiger partial charge in [-0.2, -0.15) is 15.0 Å². The Morgan fingerprint density at radius 1 is 0.357 bits per heavy atom. The maximum absolute atomic E-state index is 9.91. The molecule has 0 spiro atoms. The fourth-order valence-electron chi connectivity index (χ4n) is 6.93. The van der Waals surface area contributed by atoms with Gasteiger partial charge in [0.1, 0.15) is 0 Å². The Hall–Kier alpha value is -7.63. The molecular weight excluding hydrogens is 683 g/mol. The highest BCUT2D eigenvalue weighted by molar-refractivity contribution is 6.10. The second-order valence-electron chi connectivity index (χ2n) is 12.6. The summed E-state index contributed by atoms with van der Waals surface area (Å²) in [6.45, 7) is 0. The quantitative estimate of drug-likeness (QED) is 0.171. The van der Waals surface area contributed by atoms with Crippen LogP contribution in [0, 0.1) is 0 Å². The van der Waals surface area contributed by atoms with E-state index in [0.29, 0.717) is 11.1 Å². The third-order valence-corrected chi connectivity index (χ3v) is 9.40. The van der Waals surface area contributed by atoms with Crippen molar-refractivity contribution in [1.82, 2.24) is 24.1 Å². The Morgan fingerprint density at radius 3 is 1.54 bits per heavy atom. The summed E-state index contributed by atoms with van der Waals surface area (Å²) >= 11 is 0. The summed E-state index contributed by atoms with van der Waals surface area (Å²) in [5.41, 5.74) is 0.165. The Balaban J connectivity index is 1.37. The van der Waals surface area contributed by atoms with E-state index in [1.807, 2.05) is 54.6 Å². The second-order valence-corrected chi connectivity index (χ2v) is 12.6. The highest BCUT2D eigenvalue weighted by Gasteiger charge is 2.22. The second kappa shape index (κ2) is 13.0. The van der Waals surface area contributed by atoms with Crippen molar-refractivity contribution in [1.29, 1.82) is 0 Å². The summed E-state index contributed by atoms with van der Waals surface area (Å²) in [5, 5.41) is -1.43. The van der Waals surface area contributed by atoms with Crippen molar-refractivity contribution in [3.8, 4) is 56.7 Å². The van der Waals surface area contributed by atoms with Crippen molar-refractivity contribution < 1.29 is 27.4 Å². The lowest BCUT2D eigenvalue weighted by Gasteiger charge is -2.15. The van der Waals surface area contributed by atoms with E-state index in [2.05, 4.69) is 0 Å². The van der Waals surface area contributed by atoms with E-state index in [4.69, 9.17) is 32.8 Å². The Labute approximate surface area is 351 Å². The molecule has 56 heavy (non-hydrogen) atoms. The molecule has 0 amide bonds. The highest BCUT2D eigenvalue weighted by Crippen LogP contribution is 2.38. The summed E-state index contributed by atoms with van der Waals surface area (Å²) in [4.78, 5) is 14.7. The molecule has 0 aliphatic rings. The van der Waals surface area contributed by atoms with Crippen LogP contribution >= 0.6 is 0 Å². The minimum absolute atomic E-state index is 0.228. The van der Waals surface area contributed by atoms with Gasteiger partial charge in [-0.25, -0.2) is 0 Å². The minimum atomic E-state index is -0.822. The summed E-state index contributed by atoms with van der Waals surface area (Å²) in [6, 6.07) is 8.77. The molecule has 262 valence electrons. The number of benzene rings is 8. The SMILES string of the molecule is [2H]c1c([2H])c([2H])c(-c2c([2H])c([2H])c3c4c([2H])c([2H])c([2H])c([2H])c4n(-c4nc(-c5ccccc5-c5cccc(-c6ccccc6)c5)nc(-n5c6c([2H])c([2H])c([2H])c([2H])c6c6c([2H])c([2H])c([2H])c([2H])c65)n4)c3c2[2H])c([2H])c1[2H]. The van der Waals surface area contributed by atoms with E-state index in [1.54, 1.807) is 24.3 Å². The third kappa shape index (κ3) is 5.21. The summed E-state index contributed by atoms with van der Waals surface area (Å²) in [7, 11) is 0. The van der Waals surface area contributed by atoms with Crippen LogP contribution in [0.1, 0.15) is 27.4 Å². The first-order valence-corrected chi connectivity index (χ1v) is 17.2. The fraction of sp³-hybridized carbons (Fsp3) is 0. The molecule has 0 saturated heterocycles. The molecule has 0 radical (unpaired) electrons. The smallest absolute Gasteiger partial charge is 0.240 e. The summed E-state index contributed by atoms with van der Waals surface area (Å²) in [5.74, 6) is -1.37. The summed E-state index contributed by atoms with van der Waals surface area (Å²) < 4.78 is 182. The van der Waals surface area contributed by atoms with E-state index in [0.717, 1.165) is 20.3 Å². The van der Waals surface area contributed by atoms with Gasteiger partial charge in [-0.15, -0.1) is 0 Å². The van der Waals surface area contributed by atoms with Gasteiger partial charge < -0.3 is 0 Å². The van der Waals surface area contributed by atoms with Gasteiger partial charge in [0.2, 0.25) is 11.9 Å². The van der Waals surface area contributed by atoms with Crippen LogP contribution in [0.3, 0.4) is 0 Å². The molecule has 3 heterocycles. The number of rotatable bonds is 6. The molecule has 0 aliphatic heterocycles. The van der Waals surface area contributed by atoms with Crippen molar-refractivity contribution in [3.63, 3.8) is 0 Å². The van der Waals surface area contributed by atoms with Crippen molar-refractivity contribution in [2.75, 3.05) is 0 Å². The molecule has 5 nitrogen and oxygen atoms in total. The van der Waals surface area contributed by atoms with Crippen molar-refractivity contribution >= 4 is 43.6 Å². The number of para-hydroxylation sites is 3. The van der Waals surface area contributed by atoms with Crippen LogP contribution in [0.25, 0.3) is 100 Å². The number of hydrogen-bond donors (Lipinski definition) is 0. The van der Waals surface area contributed by atoms with Gasteiger partial charge in [0.15, 0.2) is 5.82 Å². The average Bonchev–Trinajstić information content (AvgIpc) is 4.20. The van der Waals surface area contributed by atoms with Gasteiger partial charge in [-0.05, 0) is 63.6 Å². The van der Waals surface area contributed by atoms with Crippen molar-refractivity contribution in [2.45, 2.75) is 0 Å². The largest absolute Gasteiger partial charge is 0.278 e. The van der Waals surface area contributed by atoms with Crippen LogP contribution in [0.15, 0.2) is 200 Å². The molecule has 5 heteroatoms. The Bertz CT molecular complexity index is 4310. The van der Waals surface area contributed by atoms with Gasteiger partial charge in [0.05, 0.1) is 49.5 Å². The normalized spacial score (nSPS) is 16.6. The Kier molecular flexibility index (Phi) is 4.12. The highest BCUT2D eigenvalue weighted by atomic mass is 15.3. The maximum atomic E-state index is 9.91. The number of fused-ring (bicyclic) bond motifs is 6. The van der Waals surface area contributed by atoms with Gasteiger partial charge in [0, 0.05) is 27.1 Å². The van der Waals surface area contributed by atoms with Crippen molar-refractivity contribution in [2.24, 2.45) is 0 Å². The molecule has 0 atom stereocenters. The maximum Gasteiger partial charge on any atom is 0.240 e. The van der Waals surface area contributed by atoms with E-state index < -0.39 is 160 Å². The van der Waals surface area contributed by atoms with Crippen LogP contribution in [0.5, 0.6) is 0 Å². The van der Waals surface area contributed by atoms with E-state index >= 15 is 0 Å². The van der Waals surface area contributed by atoms with Crippen molar-refractivity contribution in [3.05, 3.63) is 200 Å². The molecule has 3 aromatic heterocycles. The molecule has 0 bridgehead atoms. The van der Waals surface area contributed by atoms with Crippen LogP contribution < -0.4 is 0 Å². The van der Waals surface area contributed by atoms with Gasteiger partial charge in [0.25, 0.3) is 0 Å². The molecule has 0 aliphatic carbocycles. The van der Waals surface area contributed by atoms with Gasteiger partial charge in [-0.3, -0.25) is 9.13 Å². The molecule has 11 rings (SSSR count). The predicted molar refractivity (Wildman–Crippen MR) is 230 cm³/mol. The average molecular weight is 736 g/mol. The van der Waals surface area contributed by atoms with Gasteiger partial charge >= 0.3 is 0 Å². The number of aromatic nitrogens is 5. The lowest BCUT2D eigenvalue weighted by molar-refractivity contribution is 0.893. The molecule has 11 aromatic rings. The van der Waals surface area contributed by atoms with Crippen LogP contribution in [0.2, 0.25) is 0 Å². The lowest BCUT2D eigenvalue weighted by atomic mass is 9.95. The molecular formula is C51H33N5. The predicted octanol–water partition coefficient (Wildman–Crippen LogP) is 12.7. The molecule has 0 unspecified atom stereocenters. The molecule has 8 aromatic carbocycles. The van der Waals surface area contributed by atoms with Gasteiger partial charge in [-0.1, -0.05) is 169 Å². The first-order valence-electron chi connectivity index (χ1n) is 27.2. The van der Waals surface area contributed by atoms with Crippen LogP contribution in [-0.4, -0.2) is 24.1 Å². The van der Waals surface area contributed by atoms with Crippen LogP contribution in [-0.2, 0) is 0 Å². The molecule has 0 N–H and O–H groups in total. The summed E-state index contributed by atoms with van der Waals surface area (Å²) in [6.07, 6.45) is 0. The zero-order valence-corrected chi connectivity index (χ0v) is 28.7. The first kappa shape index (κ1) is 17.7.